The van der Waals surface area contributed by atoms with Gasteiger partial charge in [-0.15, -0.1) is 0 Å². The van der Waals surface area contributed by atoms with E-state index in [2.05, 4.69) is 26.5 Å². The molecular weight excluding hydrogens is 374 g/mol. The Hall–Kier alpha value is -2.48. The van der Waals surface area contributed by atoms with Gasteiger partial charge in [0, 0.05) is 0 Å². The summed E-state index contributed by atoms with van der Waals surface area (Å²) in [6.07, 6.45) is 1.27. The Morgan fingerprint density at radius 2 is 2.09 bits per heavy atom. The number of ether oxygens (including phenoxy) is 1. The van der Waals surface area contributed by atoms with E-state index < -0.39 is 23.1 Å². The van der Waals surface area contributed by atoms with Gasteiger partial charge >= 0.3 is 0 Å². The molecule has 0 saturated heterocycles. The van der Waals surface area contributed by atoms with Crippen LogP contribution in [-0.4, -0.2) is 24.3 Å². The number of hydrogen-bond acceptors (Lipinski definition) is 4. The molecular formula is C15H11BrF2N2O3. The van der Waals surface area contributed by atoms with Crippen molar-refractivity contribution >= 4 is 28.1 Å². The van der Waals surface area contributed by atoms with E-state index in [-0.39, 0.29) is 11.5 Å². The van der Waals surface area contributed by atoms with Crippen molar-refractivity contribution in [3.63, 3.8) is 0 Å². The highest BCUT2D eigenvalue weighted by Crippen LogP contribution is 2.34. The molecule has 2 N–H and O–H groups in total. The number of carbonyl (C=O) groups excluding carboxylic acids is 1. The number of phenols is 1. The largest absolute Gasteiger partial charge is 0.503 e. The lowest BCUT2D eigenvalue weighted by Crippen LogP contribution is -2.19. The van der Waals surface area contributed by atoms with E-state index >= 15 is 0 Å². The summed E-state index contributed by atoms with van der Waals surface area (Å²) in [6.45, 7) is 0. The maximum absolute atomic E-state index is 13.4. The Morgan fingerprint density at radius 1 is 1.35 bits per heavy atom. The van der Waals surface area contributed by atoms with Crippen molar-refractivity contribution in [1.82, 2.24) is 5.43 Å². The van der Waals surface area contributed by atoms with Crippen LogP contribution < -0.4 is 10.2 Å². The number of amides is 1. The van der Waals surface area contributed by atoms with Crippen molar-refractivity contribution in [2.24, 2.45) is 5.10 Å². The second-order valence-corrected chi connectivity index (χ2v) is 5.23. The summed E-state index contributed by atoms with van der Waals surface area (Å²) < 4.78 is 31.8. The van der Waals surface area contributed by atoms with Gasteiger partial charge in [0.05, 0.1) is 23.4 Å². The van der Waals surface area contributed by atoms with E-state index in [1.165, 1.54) is 25.5 Å². The van der Waals surface area contributed by atoms with Gasteiger partial charge in [-0.25, -0.2) is 14.2 Å². The van der Waals surface area contributed by atoms with E-state index in [0.29, 0.717) is 10.0 Å². The Morgan fingerprint density at radius 3 is 2.78 bits per heavy atom. The number of aromatic hydroxyl groups is 1. The smallest absolute Gasteiger partial charge is 0.274 e. The molecule has 23 heavy (non-hydrogen) atoms. The zero-order valence-corrected chi connectivity index (χ0v) is 13.4. The van der Waals surface area contributed by atoms with Crippen LogP contribution in [0.25, 0.3) is 0 Å². The summed E-state index contributed by atoms with van der Waals surface area (Å²) in [5.41, 5.74) is 2.15. The molecule has 0 saturated carbocycles. The molecule has 5 nitrogen and oxygen atoms in total. The molecule has 8 heteroatoms. The van der Waals surface area contributed by atoms with Crippen LogP contribution in [-0.2, 0) is 0 Å². The predicted octanol–water partition coefficient (Wildman–Crippen LogP) is 3.21. The van der Waals surface area contributed by atoms with Gasteiger partial charge in [-0.2, -0.15) is 5.10 Å². The quantitative estimate of drug-likeness (QED) is 0.627. The molecule has 0 fully saturated rings. The molecule has 0 spiro atoms. The second kappa shape index (κ2) is 7.19. The van der Waals surface area contributed by atoms with Gasteiger partial charge < -0.3 is 9.84 Å². The van der Waals surface area contributed by atoms with Gasteiger partial charge in [-0.1, -0.05) is 0 Å². The average Bonchev–Trinajstić information content (AvgIpc) is 2.52. The topological polar surface area (TPSA) is 70.9 Å². The SMILES string of the molecule is COc1cc(/C=N\NC(=O)c2cc(F)ccc2F)cc(Br)c1O. The number of hydrazone groups is 1. The molecule has 0 heterocycles. The number of carbonyl (C=O) groups is 1. The van der Waals surface area contributed by atoms with Gasteiger partial charge in [-0.05, 0) is 51.8 Å². The Balaban J connectivity index is 2.14. The van der Waals surface area contributed by atoms with Crippen molar-refractivity contribution in [3.8, 4) is 11.5 Å². The van der Waals surface area contributed by atoms with Crippen molar-refractivity contribution < 1.29 is 23.4 Å². The van der Waals surface area contributed by atoms with Crippen LogP contribution in [0.5, 0.6) is 11.5 Å². The minimum Gasteiger partial charge on any atom is -0.503 e. The van der Waals surface area contributed by atoms with Gasteiger partial charge in [0.1, 0.15) is 11.6 Å². The number of methoxy groups -OCH3 is 1. The average molecular weight is 385 g/mol. The van der Waals surface area contributed by atoms with Crippen LogP contribution in [0.4, 0.5) is 8.78 Å². The normalized spacial score (nSPS) is 10.8. The fourth-order valence-corrected chi connectivity index (χ4v) is 2.18. The summed E-state index contributed by atoms with van der Waals surface area (Å²) in [5.74, 6) is -2.33. The molecule has 0 atom stereocenters. The zero-order valence-electron chi connectivity index (χ0n) is 11.8. The molecule has 0 unspecified atom stereocenters. The zero-order chi connectivity index (χ0) is 17.0. The van der Waals surface area contributed by atoms with Crippen molar-refractivity contribution in [3.05, 3.63) is 57.6 Å². The van der Waals surface area contributed by atoms with Crippen LogP contribution >= 0.6 is 15.9 Å². The summed E-state index contributed by atoms with van der Waals surface area (Å²) in [5, 5.41) is 13.3. The first-order valence-corrected chi connectivity index (χ1v) is 7.06. The highest BCUT2D eigenvalue weighted by atomic mass is 79.9. The lowest BCUT2D eigenvalue weighted by atomic mass is 10.2. The number of rotatable bonds is 4. The Labute approximate surface area is 138 Å². The number of nitrogens with one attached hydrogen (secondary N) is 1. The number of hydrogen-bond donors (Lipinski definition) is 2. The number of nitrogens with zero attached hydrogens (tertiary/aromatic N) is 1. The Kier molecular flexibility index (Phi) is 5.28. The lowest BCUT2D eigenvalue weighted by molar-refractivity contribution is 0.0950. The molecule has 0 radical (unpaired) electrons. The number of halogens is 3. The molecule has 2 rings (SSSR count). The second-order valence-electron chi connectivity index (χ2n) is 4.38. The van der Waals surface area contributed by atoms with Gasteiger partial charge in [0.2, 0.25) is 0 Å². The molecule has 0 aromatic heterocycles. The van der Waals surface area contributed by atoms with Crippen LogP contribution in [0.3, 0.4) is 0 Å². The van der Waals surface area contributed by atoms with Crippen molar-refractivity contribution in [2.45, 2.75) is 0 Å². The fraction of sp³-hybridized carbons (Fsp3) is 0.0667. The third-order valence-electron chi connectivity index (χ3n) is 2.82. The van der Waals surface area contributed by atoms with E-state index in [1.807, 2.05) is 0 Å². The minimum atomic E-state index is -0.886. The van der Waals surface area contributed by atoms with Gasteiger partial charge in [-0.3, -0.25) is 4.79 Å². The van der Waals surface area contributed by atoms with Crippen LogP contribution in [0.1, 0.15) is 15.9 Å². The fourth-order valence-electron chi connectivity index (χ4n) is 1.72. The maximum atomic E-state index is 13.4. The molecule has 0 aliphatic carbocycles. The third-order valence-corrected chi connectivity index (χ3v) is 3.43. The molecule has 0 aliphatic rings. The van der Waals surface area contributed by atoms with E-state index in [0.717, 1.165) is 18.2 Å². The van der Waals surface area contributed by atoms with Gasteiger partial charge in [0.25, 0.3) is 5.91 Å². The molecule has 0 bridgehead atoms. The molecule has 1 amide bonds. The minimum absolute atomic E-state index is 0.0736. The first kappa shape index (κ1) is 16.9. The van der Waals surface area contributed by atoms with Crippen molar-refractivity contribution in [1.29, 1.82) is 0 Å². The summed E-state index contributed by atoms with van der Waals surface area (Å²) in [6, 6.07) is 5.57. The van der Waals surface area contributed by atoms with Crippen LogP contribution in [0.15, 0.2) is 39.9 Å². The van der Waals surface area contributed by atoms with E-state index in [9.17, 15) is 18.7 Å². The highest BCUT2D eigenvalue weighted by molar-refractivity contribution is 9.10. The van der Waals surface area contributed by atoms with Crippen LogP contribution in [0, 0.1) is 11.6 Å². The summed E-state index contributed by atoms with van der Waals surface area (Å²) >= 11 is 3.14. The molecule has 2 aromatic rings. The third kappa shape index (κ3) is 4.04. The molecule has 0 aliphatic heterocycles. The summed E-state index contributed by atoms with van der Waals surface area (Å²) in [7, 11) is 1.39. The lowest BCUT2D eigenvalue weighted by Gasteiger charge is -2.06. The predicted molar refractivity (Wildman–Crippen MR) is 83.8 cm³/mol. The standard InChI is InChI=1S/C15H11BrF2N2O3/c1-23-13-5-8(4-11(16)14(13)21)7-19-20-15(22)10-6-9(17)2-3-12(10)18/h2-7,21H,1H3,(H,20,22)/b19-7-. The first-order chi connectivity index (χ1) is 10.9. The number of phenolic OH excluding ortho intramolecular Hbond substituents is 1. The van der Waals surface area contributed by atoms with Crippen LogP contribution in [0.2, 0.25) is 0 Å². The number of benzene rings is 2. The highest BCUT2D eigenvalue weighted by Gasteiger charge is 2.12. The maximum Gasteiger partial charge on any atom is 0.274 e. The first-order valence-electron chi connectivity index (χ1n) is 6.27. The van der Waals surface area contributed by atoms with Gasteiger partial charge in [0.15, 0.2) is 11.5 Å². The summed E-state index contributed by atoms with van der Waals surface area (Å²) in [4.78, 5) is 11.7. The Bertz CT molecular complexity index is 782. The van der Waals surface area contributed by atoms with Crippen molar-refractivity contribution in [2.75, 3.05) is 7.11 Å². The molecule has 120 valence electrons. The monoisotopic (exact) mass is 384 g/mol. The van der Waals surface area contributed by atoms with E-state index in [1.54, 1.807) is 0 Å². The molecule has 2 aromatic carbocycles. The van der Waals surface area contributed by atoms with E-state index in [4.69, 9.17) is 4.74 Å².